The number of esters is 2. The molecular weight excluding hydrogens is 356 g/mol. The summed E-state index contributed by atoms with van der Waals surface area (Å²) in [5.41, 5.74) is 0.0566. The van der Waals surface area contributed by atoms with E-state index >= 15 is 0 Å². The molecule has 7 atom stereocenters. The summed E-state index contributed by atoms with van der Waals surface area (Å²) < 4.78 is 10.2. The standard InChI is InChI=1S/C23H34O5/c1-14(24)27-13-20(25)28-19-12-18-16-8-7-15-6-4-5-10-22(15,2)17(16)9-11-23(18,3)21(19)26/h15-19H,4-13H2,1-3H3. The van der Waals surface area contributed by atoms with Crippen molar-refractivity contribution >= 4 is 17.7 Å². The lowest BCUT2D eigenvalue weighted by Gasteiger charge is -2.59. The quantitative estimate of drug-likeness (QED) is 0.679. The first-order valence-electron chi connectivity index (χ1n) is 11.1. The predicted octanol–water partition coefficient (Wildman–Crippen LogP) is 4.07. The Morgan fingerprint density at radius 1 is 1.04 bits per heavy atom. The third-order valence-electron chi connectivity index (χ3n) is 8.96. The molecule has 0 saturated heterocycles. The SMILES string of the molecule is CC(=O)OCC(=O)OC1CC2C3CCC4CCCCC4(C)C3CCC2(C)C1=O. The predicted molar refractivity (Wildman–Crippen MR) is 103 cm³/mol. The van der Waals surface area contributed by atoms with Gasteiger partial charge >= 0.3 is 11.9 Å². The van der Waals surface area contributed by atoms with Crippen LogP contribution in [-0.2, 0) is 23.9 Å². The zero-order valence-corrected chi connectivity index (χ0v) is 17.5. The summed E-state index contributed by atoms with van der Waals surface area (Å²) in [6.07, 6.45) is 9.93. The Morgan fingerprint density at radius 3 is 2.57 bits per heavy atom. The zero-order chi connectivity index (χ0) is 20.1. The van der Waals surface area contributed by atoms with Crippen LogP contribution >= 0.6 is 0 Å². The van der Waals surface area contributed by atoms with Gasteiger partial charge < -0.3 is 9.47 Å². The van der Waals surface area contributed by atoms with E-state index in [4.69, 9.17) is 9.47 Å². The largest absolute Gasteiger partial charge is 0.454 e. The number of ketones is 1. The molecule has 4 saturated carbocycles. The molecular formula is C23H34O5. The molecule has 5 nitrogen and oxygen atoms in total. The number of rotatable bonds is 3. The molecule has 0 spiro atoms. The minimum atomic E-state index is -0.673. The van der Waals surface area contributed by atoms with E-state index in [-0.39, 0.29) is 11.2 Å². The zero-order valence-electron chi connectivity index (χ0n) is 17.5. The number of ether oxygens (including phenoxy) is 2. The average molecular weight is 391 g/mol. The summed E-state index contributed by atoms with van der Waals surface area (Å²) in [7, 11) is 0. The number of hydrogen-bond acceptors (Lipinski definition) is 5. The molecule has 0 aromatic rings. The third-order valence-corrected chi connectivity index (χ3v) is 8.96. The highest BCUT2D eigenvalue weighted by Gasteiger charge is 2.62. The highest BCUT2D eigenvalue weighted by Crippen LogP contribution is 2.65. The molecule has 7 unspecified atom stereocenters. The molecule has 4 aliphatic carbocycles. The topological polar surface area (TPSA) is 69.7 Å². The fourth-order valence-electron chi connectivity index (χ4n) is 7.52. The van der Waals surface area contributed by atoms with E-state index < -0.39 is 24.6 Å². The number of Topliss-reactive ketones (excluding diaryl/α,β-unsaturated/α-hetero) is 1. The second-order valence-corrected chi connectivity index (χ2v) is 10.2. The smallest absolute Gasteiger partial charge is 0.344 e. The van der Waals surface area contributed by atoms with Crippen LogP contribution in [0.1, 0.15) is 78.6 Å². The van der Waals surface area contributed by atoms with Crippen molar-refractivity contribution in [1.29, 1.82) is 0 Å². The van der Waals surface area contributed by atoms with Crippen molar-refractivity contribution in [2.24, 2.45) is 34.5 Å². The molecule has 0 aromatic heterocycles. The molecule has 5 heteroatoms. The first kappa shape index (κ1) is 19.9. The first-order valence-corrected chi connectivity index (χ1v) is 11.1. The molecule has 4 fully saturated rings. The molecule has 0 amide bonds. The number of hydrogen-bond donors (Lipinski definition) is 0. The maximum Gasteiger partial charge on any atom is 0.344 e. The van der Waals surface area contributed by atoms with E-state index in [1.54, 1.807) is 0 Å². The Hall–Kier alpha value is -1.39. The molecule has 0 aliphatic heterocycles. The van der Waals surface area contributed by atoms with Gasteiger partial charge in [0.2, 0.25) is 0 Å². The van der Waals surface area contributed by atoms with Crippen molar-refractivity contribution in [3.05, 3.63) is 0 Å². The minimum absolute atomic E-state index is 0.0862. The fraction of sp³-hybridized carbons (Fsp3) is 0.870. The van der Waals surface area contributed by atoms with Crippen LogP contribution in [0.25, 0.3) is 0 Å². The van der Waals surface area contributed by atoms with Crippen LogP contribution in [0.15, 0.2) is 0 Å². The fourth-order valence-corrected chi connectivity index (χ4v) is 7.52. The van der Waals surface area contributed by atoms with Crippen LogP contribution in [0.4, 0.5) is 0 Å². The van der Waals surface area contributed by atoms with E-state index in [9.17, 15) is 14.4 Å². The second kappa shape index (κ2) is 7.14. The number of carbonyl (C=O) groups excluding carboxylic acids is 3. The summed E-state index contributed by atoms with van der Waals surface area (Å²) in [6, 6.07) is 0. The van der Waals surface area contributed by atoms with Gasteiger partial charge in [0.25, 0.3) is 0 Å². The molecule has 0 heterocycles. The Labute approximate surface area is 167 Å². The minimum Gasteiger partial charge on any atom is -0.454 e. The van der Waals surface area contributed by atoms with E-state index in [0.717, 1.165) is 18.8 Å². The van der Waals surface area contributed by atoms with Gasteiger partial charge in [0.15, 0.2) is 18.5 Å². The third kappa shape index (κ3) is 3.09. The monoisotopic (exact) mass is 390 g/mol. The van der Waals surface area contributed by atoms with Gasteiger partial charge in [-0.1, -0.05) is 26.7 Å². The van der Waals surface area contributed by atoms with E-state index in [2.05, 4.69) is 13.8 Å². The lowest BCUT2D eigenvalue weighted by Crippen LogP contribution is -2.52. The van der Waals surface area contributed by atoms with Crippen molar-refractivity contribution < 1.29 is 23.9 Å². The molecule has 156 valence electrons. The molecule has 28 heavy (non-hydrogen) atoms. The highest BCUT2D eigenvalue weighted by molar-refractivity contribution is 5.93. The lowest BCUT2D eigenvalue weighted by molar-refractivity contribution is -0.164. The Bertz CT molecular complexity index is 672. The molecule has 4 aliphatic rings. The van der Waals surface area contributed by atoms with Crippen molar-refractivity contribution in [2.45, 2.75) is 84.7 Å². The van der Waals surface area contributed by atoms with E-state index in [0.29, 0.717) is 29.6 Å². The second-order valence-electron chi connectivity index (χ2n) is 10.2. The number of fused-ring (bicyclic) bond motifs is 5. The van der Waals surface area contributed by atoms with Gasteiger partial charge in [-0.2, -0.15) is 0 Å². The van der Waals surface area contributed by atoms with Crippen LogP contribution in [0.2, 0.25) is 0 Å². The van der Waals surface area contributed by atoms with Crippen LogP contribution in [0.3, 0.4) is 0 Å². The molecule has 0 bridgehead atoms. The number of carbonyl (C=O) groups is 3. The Morgan fingerprint density at radius 2 is 1.82 bits per heavy atom. The summed E-state index contributed by atoms with van der Waals surface area (Å²) in [5, 5.41) is 0. The van der Waals surface area contributed by atoms with Gasteiger partial charge in [-0.05, 0) is 74.0 Å². The summed E-state index contributed by atoms with van der Waals surface area (Å²) in [6.45, 7) is 5.47. The van der Waals surface area contributed by atoms with Crippen LogP contribution in [-0.4, -0.2) is 30.4 Å². The van der Waals surface area contributed by atoms with Gasteiger partial charge in [-0.15, -0.1) is 0 Å². The molecule has 0 N–H and O–H groups in total. The van der Waals surface area contributed by atoms with E-state index in [1.165, 1.54) is 45.4 Å². The van der Waals surface area contributed by atoms with Gasteiger partial charge in [0.05, 0.1) is 0 Å². The van der Waals surface area contributed by atoms with Gasteiger partial charge in [-0.25, -0.2) is 4.79 Å². The molecule has 0 aromatic carbocycles. The maximum atomic E-state index is 13.2. The van der Waals surface area contributed by atoms with Crippen molar-refractivity contribution in [3.63, 3.8) is 0 Å². The highest BCUT2D eigenvalue weighted by atomic mass is 16.6. The Kier molecular flexibility index (Phi) is 5.08. The van der Waals surface area contributed by atoms with Crippen LogP contribution in [0.5, 0.6) is 0 Å². The van der Waals surface area contributed by atoms with Gasteiger partial charge in [0.1, 0.15) is 0 Å². The van der Waals surface area contributed by atoms with Crippen LogP contribution < -0.4 is 0 Å². The van der Waals surface area contributed by atoms with Gasteiger partial charge in [0, 0.05) is 12.3 Å². The maximum absolute atomic E-state index is 13.2. The van der Waals surface area contributed by atoms with Crippen molar-refractivity contribution in [1.82, 2.24) is 0 Å². The summed E-state index contributed by atoms with van der Waals surface area (Å²) in [4.78, 5) is 36.1. The van der Waals surface area contributed by atoms with Crippen molar-refractivity contribution in [3.8, 4) is 0 Å². The first-order chi connectivity index (χ1) is 13.3. The summed E-state index contributed by atoms with van der Waals surface area (Å²) >= 11 is 0. The average Bonchev–Trinajstić information content (AvgIpc) is 2.90. The Balaban J connectivity index is 1.50. The van der Waals surface area contributed by atoms with Crippen LogP contribution in [0, 0.1) is 34.5 Å². The lowest BCUT2D eigenvalue weighted by atomic mass is 9.45. The van der Waals surface area contributed by atoms with E-state index in [1.807, 2.05) is 0 Å². The van der Waals surface area contributed by atoms with Crippen molar-refractivity contribution in [2.75, 3.05) is 6.61 Å². The molecule has 4 rings (SSSR count). The molecule has 0 radical (unpaired) electrons. The summed E-state index contributed by atoms with van der Waals surface area (Å²) in [5.74, 6) is 1.38. The van der Waals surface area contributed by atoms with Gasteiger partial charge in [-0.3, -0.25) is 9.59 Å². The normalized spacial score (nSPS) is 44.8.